The third-order valence-corrected chi connectivity index (χ3v) is 3.18. The maximum Gasteiger partial charge on any atom is 0.100 e. The summed E-state index contributed by atoms with van der Waals surface area (Å²) in [5, 5.41) is 8.82. The van der Waals surface area contributed by atoms with E-state index in [2.05, 4.69) is 32.5 Å². The minimum absolute atomic E-state index is 0.440. The highest BCUT2D eigenvalue weighted by atomic mass is 79.9. The topological polar surface area (TPSA) is 57.9 Å². The van der Waals surface area contributed by atoms with E-state index in [0.29, 0.717) is 18.7 Å². The van der Waals surface area contributed by atoms with E-state index in [0.717, 1.165) is 15.6 Å². The number of nitrogens with one attached hydrogen (secondary N) is 1. The predicted octanol–water partition coefficient (Wildman–Crippen LogP) is 2.94. The molecule has 1 aromatic carbocycles. The van der Waals surface area contributed by atoms with Crippen molar-refractivity contribution in [3.05, 3.63) is 63.9 Å². The summed E-state index contributed by atoms with van der Waals surface area (Å²) >= 11 is 3.35. The van der Waals surface area contributed by atoms with Crippen LogP contribution in [0.1, 0.15) is 16.7 Å². The van der Waals surface area contributed by atoms with Crippen LogP contribution in [0.5, 0.6) is 0 Å². The van der Waals surface area contributed by atoms with Crippen molar-refractivity contribution < 1.29 is 4.84 Å². The van der Waals surface area contributed by atoms with Crippen molar-refractivity contribution >= 4 is 15.9 Å². The third-order valence-electron chi connectivity index (χ3n) is 2.52. The van der Waals surface area contributed by atoms with Gasteiger partial charge in [0.1, 0.15) is 6.07 Å². The Morgan fingerprint density at radius 2 is 2.00 bits per heavy atom. The van der Waals surface area contributed by atoms with Crippen LogP contribution in [0, 0.1) is 11.3 Å². The molecule has 0 aliphatic heterocycles. The Balaban J connectivity index is 1.80. The lowest BCUT2D eigenvalue weighted by Gasteiger charge is -2.06. The van der Waals surface area contributed by atoms with Crippen molar-refractivity contribution in [1.82, 2.24) is 10.5 Å². The zero-order valence-corrected chi connectivity index (χ0v) is 11.7. The summed E-state index contributed by atoms with van der Waals surface area (Å²) in [6.45, 7) is 1.06. The molecule has 1 heterocycles. The van der Waals surface area contributed by atoms with Crippen molar-refractivity contribution in [3.8, 4) is 6.07 Å². The average Bonchev–Trinajstić information content (AvgIpc) is 2.45. The fraction of sp³-hybridized carbons (Fsp3) is 0.143. The number of benzene rings is 1. The summed E-state index contributed by atoms with van der Waals surface area (Å²) in [5.74, 6) is 0. The van der Waals surface area contributed by atoms with E-state index in [9.17, 15) is 0 Å². The summed E-state index contributed by atoms with van der Waals surface area (Å²) in [7, 11) is 0. The SMILES string of the molecule is N#Cc1ccc(CONCc2ccncc2)cc1Br. The van der Waals surface area contributed by atoms with E-state index in [1.807, 2.05) is 24.3 Å². The molecule has 0 radical (unpaired) electrons. The quantitative estimate of drug-likeness (QED) is 0.680. The number of hydrogen-bond donors (Lipinski definition) is 1. The van der Waals surface area contributed by atoms with E-state index >= 15 is 0 Å². The zero-order chi connectivity index (χ0) is 13.5. The highest BCUT2D eigenvalue weighted by molar-refractivity contribution is 9.10. The molecule has 1 aromatic heterocycles. The molecule has 0 aliphatic carbocycles. The van der Waals surface area contributed by atoms with Crippen molar-refractivity contribution in [1.29, 1.82) is 5.26 Å². The molecule has 0 amide bonds. The number of nitriles is 1. The van der Waals surface area contributed by atoms with Gasteiger partial charge in [-0.2, -0.15) is 10.7 Å². The largest absolute Gasteiger partial charge is 0.297 e. The molecule has 5 heteroatoms. The van der Waals surface area contributed by atoms with Crippen LogP contribution in [-0.4, -0.2) is 4.98 Å². The Morgan fingerprint density at radius 1 is 1.21 bits per heavy atom. The van der Waals surface area contributed by atoms with Crippen LogP contribution < -0.4 is 5.48 Å². The molecule has 2 aromatic rings. The van der Waals surface area contributed by atoms with Crippen LogP contribution in [0.15, 0.2) is 47.2 Å². The predicted molar refractivity (Wildman–Crippen MR) is 74.7 cm³/mol. The second kappa shape index (κ2) is 7.00. The first-order chi connectivity index (χ1) is 9.29. The van der Waals surface area contributed by atoms with E-state index < -0.39 is 0 Å². The molecule has 0 unspecified atom stereocenters. The molecular weight excluding hydrogens is 306 g/mol. The lowest BCUT2D eigenvalue weighted by molar-refractivity contribution is 0.0235. The number of hydrogen-bond acceptors (Lipinski definition) is 4. The molecule has 0 saturated heterocycles. The molecule has 2 rings (SSSR count). The summed E-state index contributed by atoms with van der Waals surface area (Å²) in [4.78, 5) is 9.33. The molecule has 0 fully saturated rings. The standard InChI is InChI=1S/C14H12BrN3O/c15-14-7-12(1-2-13(14)8-16)10-19-18-9-11-3-5-17-6-4-11/h1-7,18H,9-10H2. The summed E-state index contributed by atoms with van der Waals surface area (Å²) in [6, 6.07) is 11.5. The van der Waals surface area contributed by atoms with Gasteiger partial charge in [-0.05, 0) is 51.3 Å². The monoisotopic (exact) mass is 317 g/mol. The van der Waals surface area contributed by atoms with Crippen molar-refractivity contribution in [3.63, 3.8) is 0 Å². The Hall–Kier alpha value is -1.74. The van der Waals surface area contributed by atoms with Crippen LogP contribution >= 0.6 is 15.9 Å². The van der Waals surface area contributed by atoms with E-state index in [4.69, 9.17) is 10.1 Å². The maximum absolute atomic E-state index is 8.82. The number of aromatic nitrogens is 1. The highest BCUT2D eigenvalue weighted by Crippen LogP contribution is 2.18. The molecule has 96 valence electrons. The molecule has 0 aliphatic rings. The Morgan fingerprint density at radius 3 is 2.68 bits per heavy atom. The van der Waals surface area contributed by atoms with Crippen LogP contribution in [-0.2, 0) is 18.0 Å². The minimum Gasteiger partial charge on any atom is -0.297 e. The molecule has 0 spiro atoms. The van der Waals surface area contributed by atoms with Gasteiger partial charge >= 0.3 is 0 Å². The Bertz CT molecular complexity index is 581. The van der Waals surface area contributed by atoms with Gasteiger partial charge in [0.15, 0.2) is 0 Å². The van der Waals surface area contributed by atoms with Crippen molar-refractivity contribution in [2.45, 2.75) is 13.2 Å². The fourth-order valence-electron chi connectivity index (χ4n) is 1.51. The third kappa shape index (κ3) is 4.14. The summed E-state index contributed by atoms with van der Waals surface area (Å²) in [5.41, 5.74) is 5.61. The molecule has 4 nitrogen and oxygen atoms in total. The molecule has 0 saturated carbocycles. The Kier molecular flexibility index (Phi) is 5.04. The van der Waals surface area contributed by atoms with Crippen LogP contribution in [0.2, 0.25) is 0 Å². The first-order valence-electron chi connectivity index (χ1n) is 5.71. The molecule has 19 heavy (non-hydrogen) atoms. The maximum atomic E-state index is 8.82. The van der Waals surface area contributed by atoms with Gasteiger partial charge in [0, 0.05) is 23.4 Å². The second-order valence-corrected chi connectivity index (χ2v) is 4.75. The van der Waals surface area contributed by atoms with Gasteiger partial charge in [-0.25, -0.2) is 0 Å². The van der Waals surface area contributed by atoms with Gasteiger partial charge in [-0.15, -0.1) is 0 Å². The van der Waals surface area contributed by atoms with Gasteiger partial charge in [0.2, 0.25) is 0 Å². The van der Waals surface area contributed by atoms with E-state index in [1.54, 1.807) is 18.5 Å². The van der Waals surface area contributed by atoms with Gasteiger partial charge in [0.25, 0.3) is 0 Å². The van der Waals surface area contributed by atoms with Crippen LogP contribution in [0.3, 0.4) is 0 Å². The number of halogens is 1. The lowest BCUT2D eigenvalue weighted by atomic mass is 10.2. The van der Waals surface area contributed by atoms with Crippen LogP contribution in [0.25, 0.3) is 0 Å². The summed E-state index contributed by atoms with van der Waals surface area (Å²) < 4.78 is 0.783. The molecular formula is C14H12BrN3O. The van der Waals surface area contributed by atoms with Gasteiger partial charge in [0.05, 0.1) is 12.2 Å². The molecule has 0 bridgehead atoms. The lowest BCUT2D eigenvalue weighted by Crippen LogP contribution is -2.13. The highest BCUT2D eigenvalue weighted by Gasteiger charge is 2.01. The van der Waals surface area contributed by atoms with Crippen molar-refractivity contribution in [2.75, 3.05) is 0 Å². The van der Waals surface area contributed by atoms with Gasteiger partial charge in [-0.3, -0.25) is 9.82 Å². The smallest absolute Gasteiger partial charge is 0.100 e. The number of pyridine rings is 1. The molecule has 0 atom stereocenters. The zero-order valence-electron chi connectivity index (χ0n) is 10.1. The number of hydroxylamine groups is 1. The fourth-order valence-corrected chi connectivity index (χ4v) is 2.02. The second-order valence-electron chi connectivity index (χ2n) is 3.89. The van der Waals surface area contributed by atoms with Crippen LogP contribution in [0.4, 0.5) is 0 Å². The average molecular weight is 318 g/mol. The Labute approximate surface area is 120 Å². The molecule has 1 N–H and O–H groups in total. The van der Waals surface area contributed by atoms with E-state index in [-0.39, 0.29) is 0 Å². The van der Waals surface area contributed by atoms with Gasteiger partial charge in [-0.1, -0.05) is 6.07 Å². The van der Waals surface area contributed by atoms with Gasteiger partial charge < -0.3 is 0 Å². The number of nitrogens with zero attached hydrogens (tertiary/aromatic N) is 2. The minimum atomic E-state index is 0.440. The first-order valence-corrected chi connectivity index (χ1v) is 6.51. The normalized spacial score (nSPS) is 10.1. The number of rotatable bonds is 5. The summed E-state index contributed by atoms with van der Waals surface area (Å²) in [6.07, 6.45) is 3.49. The first kappa shape index (κ1) is 13.7. The van der Waals surface area contributed by atoms with Crippen molar-refractivity contribution in [2.24, 2.45) is 0 Å². The van der Waals surface area contributed by atoms with E-state index in [1.165, 1.54) is 0 Å².